The third-order valence-corrected chi connectivity index (χ3v) is 7.21. The molecule has 8 heteroatoms. The van der Waals surface area contributed by atoms with Crippen LogP contribution in [0.5, 0.6) is 0 Å². The molecule has 3 heterocycles. The summed E-state index contributed by atoms with van der Waals surface area (Å²) in [4.78, 5) is 22.0. The summed E-state index contributed by atoms with van der Waals surface area (Å²) < 4.78 is 20.6. The molecule has 0 saturated carbocycles. The molecule has 1 N–H and O–H groups in total. The predicted octanol–water partition coefficient (Wildman–Crippen LogP) is 5.60. The van der Waals surface area contributed by atoms with Crippen molar-refractivity contribution in [2.45, 2.75) is 32.9 Å². The molecular weight excluding hydrogens is 469 g/mol. The lowest BCUT2D eigenvalue weighted by Crippen LogP contribution is -2.55. The van der Waals surface area contributed by atoms with Crippen LogP contribution >= 0.6 is 0 Å². The zero-order valence-electron chi connectivity index (χ0n) is 21.2. The summed E-state index contributed by atoms with van der Waals surface area (Å²) in [5.74, 6) is -0.722. The number of benzene rings is 2. The Morgan fingerprint density at radius 1 is 1.16 bits per heavy atom. The van der Waals surface area contributed by atoms with Crippen LogP contribution in [0.25, 0.3) is 22.2 Å². The Morgan fingerprint density at radius 2 is 1.86 bits per heavy atom. The topological polar surface area (TPSA) is 85.4 Å². The second-order valence-electron chi connectivity index (χ2n) is 9.75. The molecule has 7 nitrogen and oxygen atoms in total. The van der Waals surface area contributed by atoms with Crippen molar-refractivity contribution in [1.29, 1.82) is 5.26 Å². The number of aromatic nitrogens is 1. The number of piperazine rings is 1. The number of likely N-dealkylation sites (N-methyl/N-ethyl adjacent to an activating group) is 1. The van der Waals surface area contributed by atoms with E-state index in [9.17, 15) is 4.79 Å². The molecule has 1 aliphatic heterocycles. The minimum absolute atomic E-state index is 0.272. The summed E-state index contributed by atoms with van der Waals surface area (Å²) in [6, 6.07) is 14.8. The van der Waals surface area contributed by atoms with E-state index in [1.54, 1.807) is 24.4 Å². The van der Waals surface area contributed by atoms with Gasteiger partial charge >= 0.3 is 0 Å². The van der Waals surface area contributed by atoms with Crippen molar-refractivity contribution in [1.82, 2.24) is 9.88 Å². The van der Waals surface area contributed by atoms with Crippen LogP contribution in [0.4, 0.5) is 15.8 Å². The molecule has 0 unspecified atom stereocenters. The van der Waals surface area contributed by atoms with E-state index in [1.807, 2.05) is 30.0 Å². The Balaban J connectivity index is 1.40. The highest BCUT2D eigenvalue weighted by molar-refractivity contribution is 6.12. The number of hydrogen-bond donors (Lipinski definition) is 1. The third kappa shape index (κ3) is 4.66. The monoisotopic (exact) mass is 497 g/mol. The molecule has 0 spiro atoms. The summed E-state index contributed by atoms with van der Waals surface area (Å²) in [7, 11) is 2.08. The van der Waals surface area contributed by atoms with Crippen molar-refractivity contribution < 1.29 is 13.6 Å². The van der Waals surface area contributed by atoms with Gasteiger partial charge in [0.1, 0.15) is 17.7 Å². The maximum atomic E-state index is 15.0. The first kappa shape index (κ1) is 24.5. The van der Waals surface area contributed by atoms with Gasteiger partial charge in [-0.3, -0.25) is 14.7 Å². The Kier molecular flexibility index (Phi) is 6.40. The molecule has 1 amide bonds. The quantitative estimate of drug-likeness (QED) is 0.395. The second-order valence-corrected chi connectivity index (χ2v) is 9.75. The van der Waals surface area contributed by atoms with E-state index < -0.39 is 0 Å². The normalized spacial score (nSPS) is 18.1. The number of halogens is 1. The molecule has 5 rings (SSSR count). The average Bonchev–Trinajstić information content (AvgIpc) is 3.29. The van der Waals surface area contributed by atoms with Gasteiger partial charge in [-0.15, -0.1) is 0 Å². The number of furan rings is 1. The van der Waals surface area contributed by atoms with Gasteiger partial charge in [0.25, 0.3) is 5.91 Å². The Bertz CT molecular complexity index is 1510. The van der Waals surface area contributed by atoms with Crippen LogP contribution in [0.3, 0.4) is 0 Å². The van der Waals surface area contributed by atoms with E-state index in [2.05, 4.69) is 42.2 Å². The van der Waals surface area contributed by atoms with Crippen molar-refractivity contribution >= 4 is 28.3 Å². The fraction of sp³-hybridized carbons (Fsp3) is 0.276. The number of carbonyl (C=O) groups excluding carboxylic acids is 1. The summed E-state index contributed by atoms with van der Waals surface area (Å²) in [6.45, 7) is 7.55. The van der Waals surface area contributed by atoms with Gasteiger partial charge in [0.15, 0.2) is 0 Å². The summed E-state index contributed by atoms with van der Waals surface area (Å²) in [5, 5.41) is 12.5. The van der Waals surface area contributed by atoms with Crippen molar-refractivity contribution in [3.05, 3.63) is 77.4 Å². The second kappa shape index (κ2) is 9.68. The van der Waals surface area contributed by atoms with Crippen molar-refractivity contribution in [2.24, 2.45) is 0 Å². The van der Waals surface area contributed by atoms with Crippen LogP contribution in [-0.2, 0) is 0 Å². The molecule has 1 aliphatic rings. The van der Waals surface area contributed by atoms with Gasteiger partial charge in [0.2, 0.25) is 0 Å². The average molecular weight is 498 g/mol. The number of nitrogens with zero attached hydrogens (tertiary/aromatic N) is 4. The molecule has 2 aromatic carbocycles. The zero-order chi connectivity index (χ0) is 26.3. The number of hydrogen-bond acceptors (Lipinski definition) is 6. The van der Waals surface area contributed by atoms with E-state index in [0.717, 1.165) is 16.8 Å². The van der Waals surface area contributed by atoms with E-state index in [0.29, 0.717) is 46.6 Å². The first-order chi connectivity index (χ1) is 17.7. The number of aryl methyl sites for hydroxylation is 1. The number of carbonyl (C=O) groups is 1. The van der Waals surface area contributed by atoms with Crippen LogP contribution in [0.15, 0.2) is 59.3 Å². The van der Waals surface area contributed by atoms with E-state index in [4.69, 9.17) is 9.68 Å². The molecule has 1 fully saturated rings. The Labute approximate surface area is 215 Å². The van der Waals surface area contributed by atoms with Gasteiger partial charge in [-0.25, -0.2) is 4.39 Å². The maximum Gasteiger partial charge on any atom is 0.259 e. The molecule has 37 heavy (non-hydrogen) atoms. The van der Waals surface area contributed by atoms with Crippen LogP contribution in [0.1, 0.15) is 35.3 Å². The standard InChI is InChI=1S/C29H28FN5O2/c1-17-9-22(13-32-28(17)21-7-5-20(12-31)6-8-21)33-29(36)24-16-37-27-11-25(30)26(10-23(24)27)35-14-18(2)34(4)19(3)15-35/h5-11,13,16,18-19H,14-15H2,1-4H3,(H,33,36)/t18-,19+. The minimum Gasteiger partial charge on any atom is -0.463 e. The largest absolute Gasteiger partial charge is 0.463 e. The number of nitrogens with one attached hydrogen (secondary N) is 1. The minimum atomic E-state index is -0.365. The van der Waals surface area contributed by atoms with Gasteiger partial charge in [-0.05, 0) is 57.6 Å². The summed E-state index contributed by atoms with van der Waals surface area (Å²) in [6.07, 6.45) is 2.96. The summed E-state index contributed by atoms with van der Waals surface area (Å²) >= 11 is 0. The number of nitriles is 1. The highest BCUT2D eigenvalue weighted by Crippen LogP contribution is 2.32. The third-order valence-electron chi connectivity index (χ3n) is 7.21. The van der Waals surface area contributed by atoms with E-state index in [-0.39, 0.29) is 23.8 Å². The van der Waals surface area contributed by atoms with Crippen LogP contribution in [0.2, 0.25) is 0 Å². The lowest BCUT2D eigenvalue weighted by molar-refractivity contribution is 0.102. The number of rotatable bonds is 4. The molecule has 0 aliphatic carbocycles. The Hall–Kier alpha value is -4.22. The number of amides is 1. The Morgan fingerprint density at radius 3 is 2.51 bits per heavy atom. The van der Waals surface area contributed by atoms with Crippen LogP contribution < -0.4 is 10.2 Å². The first-order valence-electron chi connectivity index (χ1n) is 12.2. The van der Waals surface area contributed by atoms with E-state index in [1.165, 1.54) is 12.3 Å². The van der Waals surface area contributed by atoms with Crippen LogP contribution in [0, 0.1) is 24.1 Å². The molecule has 0 radical (unpaired) electrons. The van der Waals surface area contributed by atoms with Gasteiger partial charge in [0.05, 0.1) is 40.5 Å². The summed E-state index contributed by atoms with van der Waals surface area (Å²) in [5.41, 5.74) is 4.79. The molecule has 0 bridgehead atoms. The van der Waals surface area contributed by atoms with Crippen molar-refractivity contribution in [3.63, 3.8) is 0 Å². The van der Waals surface area contributed by atoms with Gasteiger partial charge < -0.3 is 14.6 Å². The van der Waals surface area contributed by atoms with Gasteiger partial charge in [-0.1, -0.05) is 12.1 Å². The number of anilines is 2. The lowest BCUT2D eigenvalue weighted by atomic mass is 10.0. The molecule has 1 saturated heterocycles. The molecule has 4 aromatic rings. The molecular formula is C29H28FN5O2. The number of fused-ring (bicyclic) bond motifs is 1. The zero-order valence-corrected chi connectivity index (χ0v) is 21.2. The fourth-order valence-corrected chi connectivity index (χ4v) is 4.90. The fourth-order valence-electron chi connectivity index (χ4n) is 4.90. The predicted molar refractivity (Wildman–Crippen MR) is 142 cm³/mol. The molecule has 2 atom stereocenters. The highest BCUT2D eigenvalue weighted by atomic mass is 19.1. The smallest absolute Gasteiger partial charge is 0.259 e. The van der Waals surface area contributed by atoms with Gasteiger partial charge in [0, 0.05) is 42.2 Å². The van der Waals surface area contributed by atoms with Crippen LogP contribution in [-0.4, -0.2) is 48.0 Å². The number of pyridine rings is 1. The first-order valence-corrected chi connectivity index (χ1v) is 12.2. The van der Waals surface area contributed by atoms with Crippen molar-refractivity contribution in [2.75, 3.05) is 30.4 Å². The molecule has 188 valence electrons. The molecule has 2 aromatic heterocycles. The maximum absolute atomic E-state index is 15.0. The van der Waals surface area contributed by atoms with Crippen molar-refractivity contribution in [3.8, 4) is 17.3 Å². The van der Waals surface area contributed by atoms with E-state index >= 15 is 4.39 Å². The lowest BCUT2D eigenvalue weighted by Gasteiger charge is -2.43. The highest BCUT2D eigenvalue weighted by Gasteiger charge is 2.29. The SMILES string of the molecule is Cc1cc(NC(=O)c2coc3cc(F)c(N4C[C@@H](C)N(C)[C@@H](C)C4)cc23)cnc1-c1ccc(C#N)cc1. The van der Waals surface area contributed by atoms with Gasteiger partial charge in [-0.2, -0.15) is 5.26 Å².